The lowest BCUT2D eigenvalue weighted by molar-refractivity contribution is 0.631. The molecular weight excluding hydrogens is 251 g/mol. The Hall–Kier alpha value is -2.05. The highest BCUT2D eigenvalue weighted by Gasteiger charge is 2.08. The van der Waals surface area contributed by atoms with Gasteiger partial charge in [-0.1, -0.05) is 23.7 Å². The molecule has 0 heterocycles. The van der Waals surface area contributed by atoms with Crippen LogP contribution in [0.5, 0.6) is 0 Å². The molecule has 0 aliphatic rings. The molecule has 0 radical (unpaired) electrons. The van der Waals surface area contributed by atoms with E-state index in [1.807, 2.05) is 25.1 Å². The summed E-state index contributed by atoms with van der Waals surface area (Å²) in [5, 5.41) is 12.1. The van der Waals surface area contributed by atoms with Crippen molar-refractivity contribution in [3.63, 3.8) is 0 Å². The first kappa shape index (κ1) is 12.4. The molecule has 90 valence electrons. The molecule has 2 nitrogen and oxygen atoms in total. The second-order valence-electron chi connectivity index (χ2n) is 3.86. The van der Waals surface area contributed by atoms with Crippen molar-refractivity contribution in [1.29, 1.82) is 5.26 Å². The summed E-state index contributed by atoms with van der Waals surface area (Å²) in [6.45, 7) is 1.88. The van der Waals surface area contributed by atoms with E-state index in [0.717, 1.165) is 5.56 Å². The predicted molar refractivity (Wildman–Crippen MR) is 70.6 cm³/mol. The number of para-hydroxylation sites is 1. The smallest absolute Gasteiger partial charge is 0.147 e. The Bertz CT molecular complexity index is 612. The molecule has 0 atom stereocenters. The molecule has 2 rings (SSSR count). The average Bonchev–Trinajstić information content (AvgIpc) is 2.35. The van der Waals surface area contributed by atoms with Crippen LogP contribution in [0.3, 0.4) is 0 Å². The average molecular weight is 261 g/mol. The number of halogens is 2. The number of nitrogens with zero attached hydrogens (tertiary/aromatic N) is 1. The Morgan fingerprint density at radius 3 is 2.67 bits per heavy atom. The first-order chi connectivity index (χ1) is 8.61. The van der Waals surface area contributed by atoms with Crippen molar-refractivity contribution in [1.82, 2.24) is 0 Å². The predicted octanol–water partition coefficient (Wildman–Crippen LogP) is 4.40. The van der Waals surface area contributed by atoms with Gasteiger partial charge >= 0.3 is 0 Å². The molecule has 0 amide bonds. The van der Waals surface area contributed by atoms with Gasteiger partial charge in [0.05, 0.1) is 28.0 Å². The third kappa shape index (κ3) is 2.44. The van der Waals surface area contributed by atoms with Gasteiger partial charge in [-0.05, 0) is 36.8 Å². The number of hydrogen-bond acceptors (Lipinski definition) is 2. The van der Waals surface area contributed by atoms with E-state index >= 15 is 0 Å². The minimum atomic E-state index is -0.478. The monoisotopic (exact) mass is 260 g/mol. The molecule has 0 aliphatic heterocycles. The zero-order valence-corrected chi connectivity index (χ0v) is 10.4. The molecule has 0 bridgehead atoms. The minimum Gasteiger partial charge on any atom is -0.352 e. The summed E-state index contributed by atoms with van der Waals surface area (Å²) in [7, 11) is 0. The Morgan fingerprint density at radius 2 is 2.06 bits per heavy atom. The number of aryl methyl sites for hydroxylation is 1. The van der Waals surface area contributed by atoms with Crippen molar-refractivity contribution < 1.29 is 4.39 Å². The highest BCUT2D eigenvalue weighted by atomic mass is 35.5. The summed E-state index contributed by atoms with van der Waals surface area (Å²) in [4.78, 5) is 0. The number of anilines is 2. The Kier molecular flexibility index (Phi) is 3.50. The van der Waals surface area contributed by atoms with E-state index in [9.17, 15) is 4.39 Å². The highest BCUT2D eigenvalue weighted by molar-refractivity contribution is 6.33. The number of nitrogens with one attached hydrogen (secondary N) is 1. The van der Waals surface area contributed by atoms with Crippen LogP contribution in [0.15, 0.2) is 36.4 Å². The molecule has 0 saturated heterocycles. The molecule has 0 aromatic heterocycles. The van der Waals surface area contributed by atoms with Crippen LogP contribution >= 0.6 is 11.6 Å². The van der Waals surface area contributed by atoms with E-state index in [2.05, 4.69) is 5.32 Å². The fraction of sp³-hybridized carbons (Fsp3) is 0.0714. The van der Waals surface area contributed by atoms with Crippen LogP contribution in [-0.2, 0) is 0 Å². The lowest BCUT2D eigenvalue weighted by Gasteiger charge is -2.12. The van der Waals surface area contributed by atoms with E-state index in [0.29, 0.717) is 16.4 Å². The molecular formula is C14H10ClFN2. The van der Waals surface area contributed by atoms with Crippen molar-refractivity contribution >= 4 is 23.0 Å². The van der Waals surface area contributed by atoms with Gasteiger partial charge in [-0.3, -0.25) is 0 Å². The molecule has 18 heavy (non-hydrogen) atoms. The van der Waals surface area contributed by atoms with Gasteiger partial charge in [-0.2, -0.15) is 5.26 Å². The Labute approximate surface area is 110 Å². The van der Waals surface area contributed by atoms with E-state index in [1.165, 1.54) is 12.1 Å². The van der Waals surface area contributed by atoms with Gasteiger partial charge in [-0.15, -0.1) is 0 Å². The molecule has 0 unspecified atom stereocenters. The van der Waals surface area contributed by atoms with Crippen molar-refractivity contribution in [2.75, 3.05) is 5.32 Å². The first-order valence-corrected chi connectivity index (χ1v) is 5.71. The third-order valence-electron chi connectivity index (χ3n) is 2.58. The summed E-state index contributed by atoms with van der Waals surface area (Å²) >= 11 is 6.05. The van der Waals surface area contributed by atoms with Gasteiger partial charge in [0.15, 0.2) is 0 Å². The normalized spacial score (nSPS) is 9.89. The number of rotatable bonds is 2. The zero-order chi connectivity index (χ0) is 13.1. The van der Waals surface area contributed by atoms with E-state index in [4.69, 9.17) is 16.9 Å². The maximum absolute atomic E-state index is 13.7. The molecule has 0 fully saturated rings. The second kappa shape index (κ2) is 5.07. The quantitative estimate of drug-likeness (QED) is 0.869. The molecule has 4 heteroatoms. The number of hydrogen-bond donors (Lipinski definition) is 1. The summed E-state index contributed by atoms with van der Waals surface area (Å²) in [5.41, 5.74) is 2.17. The second-order valence-corrected chi connectivity index (χ2v) is 4.27. The topological polar surface area (TPSA) is 35.8 Å². The van der Waals surface area contributed by atoms with Crippen LogP contribution in [0.25, 0.3) is 0 Å². The van der Waals surface area contributed by atoms with Crippen LogP contribution in [0.1, 0.15) is 11.1 Å². The summed E-state index contributed by atoms with van der Waals surface area (Å²) in [6.07, 6.45) is 0. The van der Waals surface area contributed by atoms with Gasteiger partial charge in [-0.25, -0.2) is 4.39 Å². The molecule has 0 aliphatic carbocycles. The fourth-order valence-corrected chi connectivity index (χ4v) is 1.88. The summed E-state index contributed by atoms with van der Waals surface area (Å²) in [5.74, 6) is -0.478. The third-order valence-corrected chi connectivity index (χ3v) is 2.89. The maximum atomic E-state index is 13.7. The maximum Gasteiger partial charge on any atom is 0.147 e. The largest absolute Gasteiger partial charge is 0.352 e. The minimum absolute atomic E-state index is 0.286. The molecule has 1 N–H and O–H groups in total. The van der Waals surface area contributed by atoms with Crippen LogP contribution in [-0.4, -0.2) is 0 Å². The van der Waals surface area contributed by atoms with Gasteiger partial charge in [0, 0.05) is 0 Å². The summed E-state index contributed by atoms with van der Waals surface area (Å²) < 4.78 is 13.7. The van der Waals surface area contributed by atoms with Crippen molar-refractivity contribution in [2.24, 2.45) is 0 Å². The van der Waals surface area contributed by atoms with Gasteiger partial charge in [0.1, 0.15) is 5.82 Å². The molecule has 0 saturated carbocycles. The summed E-state index contributed by atoms with van der Waals surface area (Å²) in [6, 6.07) is 11.6. The van der Waals surface area contributed by atoms with Crippen molar-refractivity contribution in [3.8, 4) is 6.07 Å². The van der Waals surface area contributed by atoms with Gasteiger partial charge < -0.3 is 5.32 Å². The Balaban J connectivity index is 2.38. The number of benzene rings is 2. The van der Waals surface area contributed by atoms with Crippen LogP contribution < -0.4 is 5.32 Å². The van der Waals surface area contributed by atoms with Gasteiger partial charge in [0.25, 0.3) is 0 Å². The Morgan fingerprint density at radius 1 is 1.28 bits per heavy atom. The van der Waals surface area contributed by atoms with E-state index in [-0.39, 0.29) is 5.56 Å². The van der Waals surface area contributed by atoms with Crippen molar-refractivity contribution in [3.05, 3.63) is 58.4 Å². The van der Waals surface area contributed by atoms with Crippen LogP contribution in [0, 0.1) is 24.1 Å². The lowest BCUT2D eigenvalue weighted by atomic mass is 10.1. The lowest BCUT2D eigenvalue weighted by Crippen LogP contribution is -1.97. The van der Waals surface area contributed by atoms with Crippen LogP contribution in [0.2, 0.25) is 5.02 Å². The fourth-order valence-electron chi connectivity index (χ4n) is 1.61. The highest BCUT2D eigenvalue weighted by Crippen LogP contribution is 2.29. The standard InChI is InChI=1S/C14H10ClFN2/c1-9-3-2-4-11(15)14(9)18-13-6-5-10(8-17)7-12(13)16/h2-7,18H,1H3. The van der Waals surface area contributed by atoms with Crippen LogP contribution in [0.4, 0.5) is 15.8 Å². The first-order valence-electron chi connectivity index (χ1n) is 5.33. The number of nitriles is 1. The molecule has 2 aromatic carbocycles. The van der Waals surface area contributed by atoms with Crippen molar-refractivity contribution in [2.45, 2.75) is 6.92 Å². The molecule has 0 spiro atoms. The van der Waals surface area contributed by atoms with E-state index < -0.39 is 5.82 Å². The zero-order valence-electron chi connectivity index (χ0n) is 9.67. The van der Waals surface area contributed by atoms with Gasteiger partial charge in [0.2, 0.25) is 0 Å². The molecule has 2 aromatic rings. The SMILES string of the molecule is Cc1cccc(Cl)c1Nc1ccc(C#N)cc1F. The van der Waals surface area contributed by atoms with E-state index in [1.54, 1.807) is 12.1 Å².